The Bertz CT molecular complexity index is 1150. The zero-order chi connectivity index (χ0) is 22.5. The van der Waals surface area contributed by atoms with Gasteiger partial charge in [0, 0.05) is 35.8 Å². The number of nitro groups is 1. The molecule has 4 rings (SSSR count). The Labute approximate surface area is 186 Å². The van der Waals surface area contributed by atoms with Crippen molar-refractivity contribution >= 4 is 23.0 Å². The zero-order valence-electron chi connectivity index (χ0n) is 17.7. The highest BCUT2D eigenvalue weighted by atomic mass is 16.6. The Hall–Kier alpha value is -3.84. The van der Waals surface area contributed by atoms with Crippen molar-refractivity contribution in [3.63, 3.8) is 0 Å². The molecule has 3 aromatic carbocycles. The van der Waals surface area contributed by atoms with E-state index in [2.05, 4.69) is 4.99 Å². The Morgan fingerprint density at radius 2 is 1.56 bits per heavy atom. The molecule has 0 bridgehead atoms. The van der Waals surface area contributed by atoms with E-state index in [0.717, 1.165) is 16.7 Å². The van der Waals surface area contributed by atoms with Crippen molar-refractivity contribution in [3.8, 4) is 0 Å². The molecule has 1 fully saturated rings. The average molecular weight is 429 g/mol. The Balaban J connectivity index is 1.73. The van der Waals surface area contributed by atoms with Gasteiger partial charge in [0.1, 0.15) is 5.69 Å². The number of ether oxygens (including phenoxy) is 1. The second kappa shape index (κ2) is 9.53. The van der Waals surface area contributed by atoms with Gasteiger partial charge in [0.2, 0.25) is 0 Å². The second-order valence-electron chi connectivity index (χ2n) is 7.56. The number of aliphatic imine (C=N–C) groups is 1. The third-order valence-electron chi connectivity index (χ3n) is 5.36. The van der Waals surface area contributed by atoms with Crippen LogP contribution < -0.4 is 4.90 Å². The van der Waals surface area contributed by atoms with E-state index in [-0.39, 0.29) is 11.3 Å². The summed E-state index contributed by atoms with van der Waals surface area (Å²) >= 11 is 0. The number of nitro benzene ring substituents is 1. The number of hydrogen-bond donors (Lipinski definition) is 0. The van der Waals surface area contributed by atoms with Crippen LogP contribution >= 0.6 is 0 Å². The van der Waals surface area contributed by atoms with Crippen LogP contribution in [0.1, 0.15) is 27.0 Å². The number of amides is 1. The first-order valence-electron chi connectivity index (χ1n) is 10.4. The van der Waals surface area contributed by atoms with E-state index in [4.69, 9.17) is 4.74 Å². The predicted molar refractivity (Wildman–Crippen MR) is 124 cm³/mol. The summed E-state index contributed by atoms with van der Waals surface area (Å²) in [5.74, 6) is -0.527. The number of hydrogen-bond acceptors (Lipinski definition) is 5. The van der Waals surface area contributed by atoms with E-state index in [0.29, 0.717) is 37.7 Å². The molecule has 1 aliphatic heterocycles. The van der Waals surface area contributed by atoms with Gasteiger partial charge in [0.05, 0.1) is 23.8 Å². The number of anilines is 1. The standard InChI is InChI=1S/C25H23N3O4/c1-18-7-9-20(10-8-18)24(19-5-3-2-4-6-19)26-25(29)21-11-12-22(23(17-21)28(30)31)27-13-15-32-16-14-27/h2-12,17H,13-16H2,1H3. The van der Waals surface area contributed by atoms with E-state index in [1.165, 1.54) is 6.07 Å². The van der Waals surface area contributed by atoms with E-state index in [1.54, 1.807) is 12.1 Å². The molecule has 0 radical (unpaired) electrons. The first-order valence-corrected chi connectivity index (χ1v) is 10.4. The largest absolute Gasteiger partial charge is 0.378 e. The fraction of sp³-hybridized carbons (Fsp3) is 0.200. The van der Waals surface area contributed by atoms with Crippen molar-refractivity contribution in [2.75, 3.05) is 31.2 Å². The lowest BCUT2D eigenvalue weighted by atomic mass is 10.0. The van der Waals surface area contributed by atoms with E-state index in [1.807, 2.05) is 66.4 Å². The molecule has 0 aromatic heterocycles. The molecule has 7 heteroatoms. The van der Waals surface area contributed by atoms with Crippen LogP contribution in [0.5, 0.6) is 0 Å². The summed E-state index contributed by atoms with van der Waals surface area (Å²) in [4.78, 5) is 30.7. The fourth-order valence-electron chi connectivity index (χ4n) is 3.64. The SMILES string of the molecule is Cc1ccc(C(=NC(=O)c2ccc(N3CCOCC3)c([N+](=O)[O-])c2)c2ccccc2)cc1. The van der Waals surface area contributed by atoms with Gasteiger partial charge in [-0.15, -0.1) is 0 Å². The maximum Gasteiger partial charge on any atom is 0.293 e. The molecule has 7 nitrogen and oxygen atoms in total. The summed E-state index contributed by atoms with van der Waals surface area (Å²) in [7, 11) is 0. The molecule has 1 heterocycles. The molecular weight excluding hydrogens is 406 g/mol. The summed E-state index contributed by atoms with van der Waals surface area (Å²) in [5, 5.41) is 11.7. The van der Waals surface area contributed by atoms with Crippen molar-refractivity contribution in [1.29, 1.82) is 0 Å². The van der Waals surface area contributed by atoms with Gasteiger partial charge in [-0.1, -0.05) is 60.2 Å². The van der Waals surface area contributed by atoms with Gasteiger partial charge in [-0.2, -0.15) is 0 Å². The molecule has 1 aliphatic rings. The molecule has 0 saturated carbocycles. The summed E-state index contributed by atoms with van der Waals surface area (Å²) in [5.41, 5.74) is 3.77. The van der Waals surface area contributed by atoms with Crippen molar-refractivity contribution in [2.45, 2.75) is 6.92 Å². The minimum Gasteiger partial charge on any atom is -0.378 e. The average Bonchev–Trinajstić information content (AvgIpc) is 2.84. The molecule has 0 aliphatic carbocycles. The van der Waals surface area contributed by atoms with Crippen LogP contribution in [0.25, 0.3) is 0 Å². The maximum atomic E-state index is 13.1. The van der Waals surface area contributed by atoms with Gasteiger partial charge in [-0.3, -0.25) is 14.9 Å². The van der Waals surface area contributed by atoms with Gasteiger partial charge in [-0.25, -0.2) is 4.99 Å². The zero-order valence-corrected chi connectivity index (χ0v) is 17.7. The second-order valence-corrected chi connectivity index (χ2v) is 7.56. The molecule has 0 unspecified atom stereocenters. The summed E-state index contributed by atoms with van der Waals surface area (Å²) in [6.45, 7) is 4.15. The van der Waals surface area contributed by atoms with Crippen LogP contribution in [0.3, 0.4) is 0 Å². The van der Waals surface area contributed by atoms with Gasteiger partial charge in [0.25, 0.3) is 11.6 Å². The van der Waals surface area contributed by atoms with Crippen molar-refractivity contribution in [2.24, 2.45) is 4.99 Å². The summed E-state index contributed by atoms with van der Waals surface area (Å²) < 4.78 is 5.34. The number of carbonyl (C=O) groups is 1. The monoisotopic (exact) mass is 429 g/mol. The van der Waals surface area contributed by atoms with Crippen molar-refractivity contribution < 1.29 is 14.5 Å². The number of morpholine rings is 1. The number of benzene rings is 3. The third kappa shape index (κ3) is 4.73. The van der Waals surface area contributed by atoms with Gasteiger partial charge < -0.3 is 9.64 Å². The Morgan fingerprint density at radius 1 is 0.938 bits per heavy atom. The lowest BCUT2D eigenvalue weighted by Crippen LogP contribution is -2.36. The number of nitrogens with zero attached hydrogens (tertiary/aromatic N) is 3. The van der Waals surface area contributed by atoms with Crippen LogP contribution in [-0.4, -0.2) is 42.8 Å². The molecule has 1 saturated heterocycles. The van der Waals surface area contributed by atoms with Crippen LogP contribution in [-0.2, 0) is 4.74 Å². The number of aryl methyl sites for hydroxylation is 1. The predicted octanol–water partition coefficient (Wildman–Crippen LogP) is 4.42. The third-order valence-corrected chi connectivity index (χ3v) is 5.36. The highest BCUT2D eigenvalue weighted by Crippen LogP contribution is 2.30. The van der Waals surface area contributed by atoms with Crippen molar-refractivity contribution in [1.82, 2.24) is 0 Å². The molecule has 162 valence electrons. The Kier molecular flexibility index (Phi) is 6.37. The Morgan fingerprint density at radius 3 is 2.22 bits per heavy atom. The lowest BCUT2D eigenvalue weighted by Gasteiger charge is -2.28. The first kappa shape index (κ1) is 21.4. The highest BCUT2D eigenvalue weighted by Gasteiger charge is 2.23. The minimum absolute atomic E-state index is 0.107. The molecule has 32 heavy (non-hydrogen) atoms. The number of carbonyl (C=O) groups excluding carboxylic acids is 1. The van der Waals surface area contributed by atoms with E-state index < -0.39 is 10.8 Å². The fourth-order valence-corrected chi connectivity index (χ4v) is 3.64. The molecular formula is C25H23N3O4. The summed E-state index contributed by atoms with van der Waals surface area (Å²) in [6.07, 6.45) is 0. The minimum atomic E-state index is -0.527. The van der Waals surface area contributed by atoms with Crippen LogP contribution in [0, 0.1) is 17.0 Å². The van der Waals surface area contributed by atoms with E-state index >= 15 is 0 Å². The van der Waals surface area contributed by atoms with Gasteiger partial charge in [-0.05, 0) is 19.1 Å². The smallest absolute Gasteiger partial charge is 0.293 e. The quantitative estimate of drug-likeness (QED) is 0.341. The lowest BCUT2D eigenvalue weighted by molar-refractivity contribution is -0.384. The number of rotatable bonds is 5. The molecule has 1 amide bonds. The first-order chi connectivity index (χ1) is 15.5. The van der Waals surface area contributed by atoms with Crippen LogP contribution in [0.2, 0.25) is 0 Å². The molecule has 3 aromatic rings. The van der Waals surface area contributed by atoms with E-state index in [9.17, 15) is 14.9 Å². The normalized spacial score (nSPS) is 14.3. The molecule has 0 N–H and O–H groups in total. The molecule has 0 spiro atoms. The molecule has 0 atom stereocenters. The van der Waals surface area contributed by atoms with Crippen LogP contribution in [0.4, 0.5) is 11.4 Å². The maximum absolute atomic E-state index is 13.1. The topological polar surface area (TPSA) is 85.0 Å². The van der Waals surface area contributed by atoms with Gasteiger partial charge in [0.15, 0.2) is 0 Å². The van der Waals surface area contributed by atoms with Crippen LogP contribution in [0.15, 0.2) is 77.8 Å². The van der Waals surface area contributed by atoms with Gasteiger partial charge >= 0.3 is 0 Å². The summed E-state index contributed by atoms with van der Waals surface area (Å²) in [6, 6.07) is 21.7. The highest BCUT2D eigenvalue weighted by molar-refractivity contribution is 6.18. The van der Waals surface area contributed by atoms with Crippen molar-refractivity contribution in [3.05, 3.63) is 105 Å².